The topological polar surface area (TPSA) is 104 Å². The van der Waals surface area contributed by atoms with Gasteiger partial charge in [-0.05, 0) is 24.6 Å². The molecule has 3 heterocycles. The van der Waals surface area contributed by atoms with E-state index in [1.54, 1.807) is 6.07 Å². The number of sulfonamides is 1. The maximum absolute atomic E-state index is 12.9. The van der Waals surface area contributed by atoms with Gasteiger partial charge in [-0.1, -0.05) is 0 Å². The van der Waals surface area contributed by atoms with Crippen LogP contribution in [0, 0.1) is 0 Å². The Morgan fingerprint density at radius 3 is 2.42 bits per heavy atom. The van der Waals surface area contributed by atoms with Crippen molar-refractivity contribution in [2.45, 2.75) is 29.9 Å². The number of ether oxygens (including phenoxy) is 2. The van der Waals surface area contributed by atoms with Gasteiger partial charge in [0.2, 0.25) is 10.0 Å². The van der Waals surface area contributed by atoms with Gasteiger partial charge in [0.25, 0.3) is 0 Å². The van der Waals surface area contributed by atoms with Crippen molar-refractivity contribution in [2.75, 3.05) is 26.3 Å². The second-order valence-electron chi connectivity index (χ2n) is 6.15. The monoisotopic (exact) mass is 353 g/mol. The van der Waals surface area contributed by atoms with Crippen molar-refractivity contribution in [1.29, 1.82) is 0 Å². The summed E-state index contributed by atoms with van der Waals surface area (Å²) in [6, 6.07) is 4.60. The summed E-state index contributed by atoms with van der Waals surface area (Å²) < 4.78 is 38.6. The number of piperidine rings is 1. The van der Waals surface area contributed by atoms with E-state index in [-0.39, 0.29) is 10.6 Å². The molecule has 1 aromatic carbocycles. The number of benzene rings is 1. The van der Waals surface area contributed by atoms with Crippen LogP contribution in [0.4, 0.5) is 0 Å². The van der Waals surface area contributed by atoms with Crippen molar-refractivity contribution >= 4 is 21.1 Å². The number of hydrogen-bond acceptors (Lipinski definition) is 5. The van der Waals surface area contributed by atoms with E-state index in [9.17, 15) is 13.2 Å². The highest BCUT2D eigenvalue weighted by molar-refractivity contribution is 7.89. The van der Waals surface area contributed by atoms with E-state index in [1.807, 2.05) is 0 Å². The Morgan fingerprint density at radius 1 is 1.04 bits per heavy atom. The molecule has 130 valence electrons. The third kappa shape index (κ3) is 2.67. The Balaban J connectivity index is 1.57. The highest BCUT2D eigenvalue weighted by Gasteiger charge is 2.41. The van der Waals surface area contributed by atoms with Crippen molar-refractivity contribution in [3.63, 3.8) is 0 Å². The number of rotatable bonds is 2. The first kappa shape index (κ1) is 15.8. The van der Waals surface area contributed by atoms with Gasteiger partial charge in [-0.25, -0.2) is 13.2 Å². The zero-order valence-corrected chi connectivity index (χ0v) is 13.9. The lowest BCUT2D eigenvalue weighted by atomic mass is 10.0. The largest absolute Gasteiger partial charge is 0.350 e. The minimum Gasteiger partial charge on any atom is -0.350 e. The van der Waals surface area contributed by atoms with Crippen LogP contribution in [0.3, 0.4) is 0 Å². The molecule has 0 atom stereocenters. The van der Waals surface area contributed by atoms with Crippen LogP contribution in [-0.2, 0) is 19.5 Å². The Morgan fingerprint density at radius 2 is 1.71 bits per heavy atom. The molecule has 2 aliphatic rings. The molecule has 0 amide bonds. The lowest BCUT2D eigenvalue weighted by Crippen LogP contribution is -2.51. The first-order valence-corrected chi connectivity index (χ1v) is 9.43. The quantitative estimate of drug-likeness (QED) is 0.830. The number of aromatic nitrogens is 2. The fourth-order valence-electron chi connectivity index (χ4n) is 3.29. The molecule has 0 bridgehead atoms. The smallest absolute Gasteiger partial charge is 0.323 e. The lowest BCUT2D eigenvalue weighted by molar-refractivity contribution is -0.280. The second-order valence-corrected chi connectivity index (χ2v) is 8.09. The van der Waals surface area contributed by atoms with Crippen LogP contribution in [0.5, 0.6) is 0 Å². The molecule has 24 heavy (non-hydrogen) atoms. The van der Waals surface area contributed by atoms with E-state index >= 15 is 0 Å². The SMILES string of the molecule is O=c1[nH]c2ccc(S(=O)(=O)N3CCC4(CC3)OCCCO4)cc2[nH]1. The summed E-state index contributed by atoms with van der Waals surface area (Å²) in [5.74, 6) is -0.625. The standard InChI is InChI=1S/C15H19N3O5S/c19-14-16-12-3-2-11(10-13(12)17-14)24(20,21)18-6-4-15(5-7-18)22-8-1-9-23-15/h2-3,10H,1,4-9H2,(H2,16,17,19). The van der Waals surface area contributed by atoms with Crippen molar-refractivity contribution in [2.24, 2.45) is 0 Å². The molecule has 0 aliphatic carbocycles. The van der Waals surface area contributed by atoms with E-state index in [1.165, 1.54) is 16.4 Å². The van der Waals surface area contributed by atoms with Crippen molar-refractivity contribution in [3.8, 4) is 0 Å². The average molecular weight is 353 g/mol. The van der Waals surface area contributed by atoms with E-state index in [0.717, 1.165) is 6.42 Å². The maximum atomic E-state index is 12.9. The lowest BCUT2D eigenvalue weighted by Gasteiger charge is -2.42. The van der Waals surface area contributed by atoms with Gasteiger partial charge in [0, 0.05) is 25.9 Å². The van der Waals surface area contributed by atoms with Gasteiger partial charge in [-0.2, -0.15) is 4.31 Å². The molecule has 8 nitrogen and oxygen atoms in total. The van der Waals surface area contributed by atoms with Crippen LogP contribution in [0.1, 0.15) is 19.3 Å². The molecular weight excluding hydrogens is 334 g/mol. The van der Waals surface area contributed by atoms with Crippen LogP contribution in [0.15, 0.2) is 27.9 Å². The summed E-state index contributed by atoms with van der Waals surface area (Å²) in [5.41, 5.74) is 0.708. The third-order valence-corrected chi connectivity index (χ3v) is 6.52. The molecule has 4 rings (SSSR count). The minimum absolute atomic E-state index is 0.173. The minimum atomic E-state index is -3.61. The number of aromatic amines is 2. The number of fused-ring (bicyclic) bond motifs is 1. The Kier molecular flexibility index (Phi) is 3.75. The number of hydrogen-bond donors (Lipinski definition) is 2. The summed E-state index contributed by atoms with van der Waals surface area (Å²) >= 11 is 0. The van der Waals surface area contributed by atoms with E-state index in [2.05, 4.69) is 9.97 Å². The normalized spacial score (nSPS) is 22.2. The van der Waals surface area contributed by atoms with Crippen LogP contribution >= 0.6 is 0 Å². The molecule has 9 heteroatoms. The zero-order valence-electron chi connectivity index (χ0n) is 13.1. The highest BCUT2D eigenvalue weighted by Crippen LogP contribution is 2.33. The molecule has 2 N–H and O–H groups in total. The molecule has 0 radical (unpaired) electrons. The molecule has 2 saturated heterocycles. The highest BCUT2D eigenvalue weighted by atomic mass is 32.2. The molecule has 1 spiro atoms. The third-order valence-electron chi connectivity index (χ3n) is 4.63. The predicted octanol–water partition coefficient (Wildman–Crippen LogP) is 0.774. The van der Waals surface area contributed by atoms with Crippen LogP contribution < -0.4 is 5.69 Å². The maximum Gasteiger partial charge on any atom is 0.323 e. The summed E-state index contributed by atoms with van der Waals surface area (Å²) in [5, 5.41) is 0. The van der Waals surface area contributed by atoms with Gasteiger partial charge < -0.3 is 19.4 Å². The summed E-state index contributed by atoms with van der Waals surface area (Å²) in [6.07, 6.45) is 1.92. The van der Waals surface area contributed by atoms with Gasteiger partial charge in [0.05, 0.1) is 29.1 Å². The Bertz CT molecular complexity index is 901. The van der Waals surface area contributed by atoms with Gasteiger partial charge in [-0.3, -0.25) is 0 Å². The van der Waals surface area contributed by atoms with E-state index in [0.29, 0.717) is 50.2 Å². The van der Waals surface area contributed by atoms with Gasteiger partial charge in [0.15, 0.2) is 5.79 Å². The second kappa shape index (κ2) is 5.69. The Hall–Kier alpha value is -1.68. The van der Waals surface area contributed by atoms with Crippen LogP contribution in [0.25, 0.3) is 11.0 Å². The Labute approximate surface area is 138 Å². The van der Waals surface area contributed by atoms with E-state index in [4.69, 9.17) is 9.47 Å². The zero-order chi connectivity index (χ0) is 16.8. The fraction of sp³-hybridized carbons (Fsp3) is 0.533. The van der Waals surface area contributed by atoms with Gasteiger partial charge in [0.1, 0.15) is 0 Å². The summed E-state index contributed by atoms with van der Waals surface area (Å²) in [7, 11) is -3.61. The molecule has 0 saturated carbocycles. The first-order valence-electron chi connectivity index (χ1n) is 7.99. The van der Waals surface area contributed by atoms with Crippen molar-refractivity contribution in [1.82, 2.24) is 14.3 Å². The molecule has 0 unspecified atom stereocenters. The molecule has 2 fully saturated rings. The fourth-order valence-corrected chi connectivity index (χ4v) is 4.76. The van der Waals surface area contributed by atoms with Crippen LogP contribution in [-0.4, -0.2) is 54.8 Å². The number of nitrogens with zero attached hydrogens (tertiary/aromatic N) is 1. The molecule has 2 aliphatic heterocycles. The molecular formula is C15H19N3O5S. The van der Waals surface area contributed by atoms with Gasteiger partial charge in [-0.15, -0.1) is 0 Å². The summed E-state index contributed by atoms with van der Waals surface area (Å²) in [4.78, 5) is 16.7. The van der Waals surface area contributed by atoms with Gasteiger partial charge >= 0.3 is 5.69 Å². The average Bonchev–Trinajstić information content (AvgIpc) is 2.95. The molecule has 2 aromatic rings. The van der Waals surface area contributed by atoms with Crippen LogP contribution in [0.2, 0.25) is 0 Å². The molecule has 1 aromatic heterocycles. The number of nitrogens with one attached hydrogen (secondary N) is 2. The first-order chi connectivity index (χ1) is 11.5. The number of H-pyrrole nitrogens is 2. The van der Waals surface area contributed by atoms with Crippen molar-refractivity contribution < 1.29 is 17.9 Å². The van der Waals surface area contributed by atoms with Crippen molar-refractivity contribution in [3.05, 3.63) is 28.7 Å². The van der Waals surface area contributed by atoms with E-state index < -0.39 is 15.8 Å². The number of imidazole rings is 1. The predicted molar refractivity (Wildman–Crippen MR) is 86.2 cm³/mol. The summed E-state index contributed by atoms with van der Waals surface area (Å²) in [6.45, 7) is 2.02.